The number of pyridine rings is 1. The highest BCUT2D eigenvalue weighted by Gasteiger charge is 2.23. The van der Waals surface area contributed by atoms with E-state index in [-0.39, 0.29) is 0 Å². The number of methoxy groups -OCH3 is 1. The van der Waals surface area contributed by atoms with Gasteiger partial charge in [0.05, 0.1) is 12.7 Å². The first-order valence-electron chi connectivity index (χ1n) is 6.08. The molecular weight excluding hydrogens is 216 g/mol. The summed E-state index contributed by atoms with van der Waals surface area (Å²) in [4.78, 5) is 6.67. The first-order valence-corrected chi connectivity index (χ1v) is 6.08. The normalized spacial score (nSPS) is 21.8. The number of aliphatic hydroxyl groups is 1. The second-order valence-electron chi connectivity index (χ2n) is 4.68. The SMILES string of the molecule is COCC1CCN(c2ccc([C@@H](C)O)cn2)C1. The highest BCUT2D eigenvalue weighted by molar-refractivity contribution is 5.40. The monoisotopic (exact) mass is 236 g/mol. The number of hydrogen-bond acceptors (Lipinski definition) is 4. The van der Waals surface area contributed by atoms with Crippen LogP contribution < -0.4 is 4.90 Å². The van der Waals surface area contributed by atoms with Gasteiger partial charge in [-0.2, -0.15) is 0 Å². The van der Waals surface area contributed by atoms with Crippen LogP contribution in [0.5, 0.6) is 0 Å². The van der Waals surface area contributed by atoms with E-state index in [1.54, 1.807) is 20.2 Å². The Hall–Kier alpha value is -1.13. The summed E-state index contributed by atoms with van der Waals surface area (Å²) in [6.07, 6.45) is 2.47. The molecule has 4 heteroatoms. The van der Waals surface area contributed by atoms with Crippen molar-refractivity contribution in [1.29, 1.82) is 0 Å². The van der Waals surface area contributed by atoms with E-state index in [1.165, 1.54) is 0 Å². The van der Waals surface area contributed by atoms with E-state index >= 15 is 0 Å². The molecule has 1 aliphatic rings. The van der Waals surface area contributed by atoms with E-state index in [9.17, 15) is 5.11 Å². The Kier molecular flexibility index (Phi) is 3.97. The van der Waals surface area contributed by atoms with Gasteiger partial charge in [0.2, 0.25) is 0 Å². The van der Waals surface area contributed by atoms with Gasteiger partial charge in [0.1, 0.15) is 5.82 Å². The summed E-state index contributed by atoms with van der Waals surface area (Å²) in [5.74, 6) is 1.60. The highest BCUT2D eigenvalue weighted by Crippen LogP contribution is 2.23. The molecule has 1 unspecified atom stereocenters. The summed E-state index contributed by atoms with van der Waals surface area (Å²) in [7, 11) is 1.75. The van der Waals surface area contributed by atoms with Gasteiger partial charge in [0, 0.05) is 32.3 Å². The van der Waals surface area contributed by atoms with Crippen molar-refractivity contribution < 1.29 is 9.84 Å². The van der Waals surface area contributed by atoms with Crippen LogP contribution >= 0.6 is 0 Å². The molecule has 0 bridgehead atoms. The van der Waals surface area contributed by atoms with Gasteiger partial charge < -0.3 is 14.7 Å². The molecule has 4 nitrogen and oxygen atoms in total. The second kappa shape index (κ2) is 5.47. The topological polar surface area (TPSA) is 45.6 Å². The number of ether oxygens (including phenoxy) is 1. The molecule has 1 aromatic rings. The van der Waals surface area contributed by atoms with Gasteiger partial charge in [-0.25, -0.2) is 4.98 Å². The number of rotatable bonds is 4. The van der Waals surface area contributed by atoms with Gasteiger partial charge in [-0.1, -0.05) is 6.07 Å². The van der Waals surface area contributed by atoms with Crippen molar-refractivity contribution in [2.75, 3.05) is 31.7 Å². The molecule has 0 saturated carbocycles. The van der Waals surface area contributed by atoms with E-state index in [1.807, 2.05) is 12.1 Å². The second-order valence-corrected chi connectivity index (χ2v) is 4.68. The van der Waals surface area contributed by atoms with E-state index in [4.69, 9.17) is 4.74 Å². The molecule has 1 aliphatic heterocycles. The van der Waals surface area contributed by atoms with Crippen LogP contribution in [-0.4, -0.2) is 36.9 Å². The highest BCUT2D eigenvalue weighted by atomic mass is 16.5. The standard InChI is InChI=1S/C13H20N2O2/c1-10(16)12-3-4-13(14-7-12)15-6-5-11(8-15)9-17-2/h3-4,7,10-11,16H,5-6,8-9H2,1-2H3/t10-,11?/m1/s1. The first kappa shape index (κ1) is 12.3. The zero-order valence-electron chi connectivity index (χ0n) is 10.5. The number of aliphatic hydroxyl groups excluding tert-OH is 1. The Bertz CT molecular complexity index is 351. The Morgan fingerprint density at radius 3 is 3.00 bits per heavy atom. The largest absolute Gasteiger partial charge is 0.389 e. The van der Waals surface area contributed by atoms with Crippen LogP contribution in [0, 0.1) is 5.92 Å². The fraction of sp³-hybridized carbons (Fsp3) is 0.615. The third-order valence-electron chi connectivity index (χ3n) is 3.27. The molecule has 1 N–H and O–H groups in total. The smallest absolute Gasteiger partial charge is 0.128 e. The Labute approximate surface area is 102 Å². The van der Waals surface area contributed by atoms with Crippen molar-refractivity contribution in [2.24, 2.45) is 5.92 Å². The summed E-state index contributed by atoms with van der Waals surface area (Å²) in [5, 5.41) is 9.42. The minimum Gasteiger partial charge on any atom is -0.389 e. The third-order valence-corrected chi connectivity index (χ3v) is 3.27. The van der Waals surface area contributed by atoms with E-state index in [0.717, 1.165) is 37.5 Å². The molecule has 2 heterocycles. The Morgan fingerprint density at radius 2 is 2.41 bits per heavy atom. The predicted molar refractivity (Wildman–Crippen MR) is 67.1 cm³/mol. The molecule has 1 saturated heterocycles. The van der Waals surface area contributed by atoms with Crippen LogP contribution in [0.15, 0.2) is 18.3 Å². The maximum atomic E-state index is 9.42. The lowest BCUT2D eigenvalue weighted by atomic mass is 10.1. The Balaban J connectivity index is 1.99. The number of nitrogens with zero attached hydrogens (tertiary/aromatic N) is 2. The van der Waals surface area contributed by atoms with E-state index < -0.39 is 6.10 Å². The number of anilines is 1. The summed E-state index contributed by atoms with van der Waals surface area (Å²) in [6.45, 7) is 4.62. The zero-order valence-corrected chi connectivity index (χ0v) is 10.5. The maximum Gasteiger partial charge on any atom is 0.128 e. The summed E-state index contributed by atoms with van der Waals surface area (Å²) in [5.41, 5.74) is 0.862. The number of aromatic nitrogens is 1. The lowest BCUT2D eigenvalue weighted by Gasteiger charge is -2.18. The molecule has 17 heavy (non-hydrogen) atoms. The minimum atomic E-state index is -0.448. The molecule has 0 amide bonds. The zero-order chi connectivity index (χ0) is 12.3. The van der Waals surface area contributed by atoms with Gasteiger partial charge >= 0.3 is 0 Å². The van der Waals surface area contributed by atoms with Crippen LogP contribution in [0.4, 0.5) is 5.82 Å². The lowest BCUT2D eigenvalue weighted by molar-refractivity contribution is 0.161. The molecule has 2 rings (SSSR count). The van der Waals surface area contributed by atoms with Crippen LogP contribution in [0.25, 0.3) is 0 Å². The van der Waals surface area contributed by atoms with Crippen LogP contribution in [0.3, 0.4) is 0 Å². The molecule has 94 valence electrons. The Morgan fingerprint density at radius 1 is 1.59 bits per heavy atom. The van der Waals surface area contributed by atoms with Gasteiger partial charge in [-0.05, 0) is 25.0 Å². The molecular formula is C13H20N2O2. The molecule has 2 atom stereocenters. The van der Waals surface area contributed by atoms with Crippen LogP contribution in [0.2, 0.25) is 0 Å². The van der Waals surface area contributed by atoms with Crippen molar-refractivity contribution in [3.8, 4) is 0 Å². The molecule has 1 fully saturated rings. The van der Waals surface area contributed by atoms with Crippen LogP contribution in [0.1, 0.15) is 25.0 Å². The van der Waals surface area contributed by atoms with Gasteiger partial charge in [-0.3, -0.25) is 0 Å². The fourth-order valence-corrected chi connectivity index (χ4v) is 2.24. The van der Waals surface area contributed by atoms with Gasteiger partial charge in [-0.15, -0.1) is 0 Å². The molecule has 0 aliphatic carbocycles. The van der Waals surface area contributed by atoms with Gasteiger partial charge in [0.25, 0.3) is 0 Å². The molecule has 1 aromatic heterocycles. The molecule has 0 aromatic carbocycles. The van der Waals surface area contributed by atoms with E-state index in [0.29, 0.717) is 5.92 Å². The predicted octanol–water partition coefficient (Wildman–Crippen LogP) is 1.61. The van der Waals surface area contributed by atoms with Crippen molar-refractivity contribution in [1.82, 2.24) is 4.98 Å². The summed E-state index contributed by atoms with van der Waals surface area (Å²) >= 11 is 0. The summed E-state index contributed by atoms with van der Waals surface area (Å²) < 4.78 is 5.18. The molecule has 0 spiro atoms. The number of hydrogen-bond donors (Lipinski definition) is 1. The van der Waals surface area contributed by atoms with Crippen molar-refractivity contribution in [3.05, 3.63) is 23.9 Å². The summed E-state index contributed by atoms with van der Waals surface area (Å²) in [6, 6.07) is 3.92. The average Bonchev–Trinajstić information content (AvgIpc) is 2.78. The quantitative estimate of drug-likeness (QED) is 0.862. The fourth-order valence-electron chi connectivity index (χ4n) is 2.24. The first-order chi connectivity index (χ1) is 8.20. The van der Waals surface area contributed by atoms with Crippen LogP contribution in [-0.2, 0) is 4.74 Å². The van der Waals surface area contributed by atoms with Crippen molar-refractivity contribution >= 4 is 5.82 Å². The van der Waals surface area contributed by atoms with E-state index in [2.05, 4.69) is 9.88 Å². The van der Waals surface area contributed by atoms with Crippen molar-refractivity contribution in [2.45, 2.75) is 19.4 Å². The average molecular weight is 236 g/mol. The minimum absolute atomic E-state index is 0.448. The molecule has 0 radical (unpaired) electrons. The van der Waals surface area contributed by atoms with Gasteiger partial charge in [0.15, 0.2) is 0 Å². The maximum absolute atomic E-state index is 9.42. The lowest BCUT2D eigenvalue weighted by Crippen LogP contribution is -2.21. The third kappa shape index (κ3) is 2.96. The van der Waals surface area contributed by atoms with Crippen molar-refractivity contribution in [3.63, 3.8) is 0 Å².